The summed E-state index contributed by atoms with van der Waals surface area (Å²) in [6, 6.07) is 23.6. The van der Waals surface area contributed by atoms with E-state index in [1.165, 1.54) is 11.1 Å². The molecule has 0 radical (unpaired) electrons. The van der Waals surface area contributed by atoms with Crippen molar-refractivity contribution in [3.63, 3.8) is 0 Å². The highest BCUT2D eigenvalue weighted by Gasteiger charge is 2.23. The summed E-state index contributed by atoms with van der Waals surface area (Å²) in [4.78, 5) is 22.2. The van der Waals surface area contributed by atoms with E-state index in [0.29, 0.717) is 47.1 Å². The monoisotopic (exact) mass is 629 g/mol. The summed E-state index contributed by atoms with van der Waals surface area (Å²) in [5.41, 5.74) is 6.81. The zero-order valence-electron chi connectivity index (χ0n) is 25.6. The van der Waals surface area contributed by atoms with Crippen LogP contribution in [0.25, 0.3) is 5.57 Å². The Balaban J connectivity index is 1.19. The van der Waals surface area contributed by atoms with Crippen LogP contribution in [0.4, 0.5) is 0 Å². The highest BCUT2D eigenvalue weighted by Crippen LogP contribution is 2.36. The van der Waals surface area contributed by atoms with Gasteiger partial charge in [0.05, 0.1) is 11.2 Å². The average Bonchev–Trinajstić information content (AvgIpc) is 3.03. The van der Waals surface area contributed by atoms with Crippen LogP contribution in [0, 0.1) is 13.8 Å². The third-order valence-corrected chi connectivity index (χ3v) is 8.65. The Morgan fingerprint density at radius 2 is 1.61 bits per heavy atom. The van der Waals surface area contributed by atoms with Gasteiger partial charge in [0.1, 0.15) is 12.4 Å². The Kier molecular flexibility index (Phi) is 10.3. The molecule has 0 saturated carbocycles. The van der Waals surface area contributed by atoms with Gasteiger partial charge in [-0.05, 0) is 74.2 Å². The first-order chi connectivity index (χ1) is 21.2. The number of pyridine rings is 1. The first kappa shape index (κ1) is 31.6. The lowest BCUT2D eigenvalue weighted by molar-refractivity contribution is -0.128. The van der Waals surface area contributed by atoms with E-state index in [4.69, 9.17) is 32.7 Å². The quantitative estimate of drug-likeness (QED) is 0.174. The largest absolute Gasteiger partial charge is 0.487 e. The van der Waals surface area contributed by atoms with Crippen LogP contribution < -0.4 is 9.47 Å². The molecular formula is C36H37Cl2N3O3. The molecule has 3 aromatic carbocycles. The van der Waals surface area contributed by atoms with E-state index in [-0.39, 0.29) is 5.91 Å². The number of hydrogen-bond donors (Lipinski definition) is 0. The Hall–Kier alpha value is -3.84. The van der Waals surface area contributed by atoms with Crippen LogP contribution in [0.15, 0.2) is 84.6 Å². The molecule has 1 aromatic heterocycles. The highest BCUT2D eigenvalue weighted by atomic mass is 35.5. The second-order valence-electron chi connectivity index (χ2n) is 11.2. The lowest BCUT2D eigenvalue weighted by atomic mass is 9.99. The van der Waals surface area contributed by atoms with Crippen LogP contribution in [0.2, 0.25) is 10.0 Å². The van der Waals surface area contributed by atoms with E-state index in [1.54, 1.807) is 18.3 Å². The molecule has 0 N–H and O–H groups in total. The minimum atomic E-state index is 0.0626. The molecule has 0 aliphatic carbocycles. The van der Waals surface area contributed by atoms with Gasteiger partial charge in [-0.1, -0.05) is 71.2 Å². The number of ether oxygens (including phenoxy) is 2. The number of nitrogens with zero attached hydrogens (tertiary/aromatic N) is 3. The summed E-state index contributed by atoms with van der Waals surface area (Å²) < 4.78 is 11.9. The third-order valence-electron chi connectivity index (χ3n) is 8.00. The molecule has 4 aromatic rings. The van der Waals surface area contributed by atoms with E-state index in [9.17, 15) is 4.79 Å². The molecule has 8 heteroatoms. The third kappa shape index (κ3) is 7.81. The lowest BCUT2D eigenvalue weighted by Gasteiger charge is -2.35. The van der Waals surface area contributed by atoms with E-state index >= 15 is 0 Å². The van der Waals surface area contributed by atoms with E-state index in [1.807, 2.05) is 62.1 Å². The summed E-state index contributed by atoms with van der Waals surface area (Å²) in [6.45, 7) is 12.3. The maximum absolute atomic E-state index is 13.4. The van der Waals surface area contributed by atoms with E-state index < -0.39 is 0 Å². The smallest absolute Gasteiger partial charge is 0.249 e. The highest BCUT2D eigenvalue weighted by molar-refractivity contribution is 6.32. The topological polar surface area (TPSA) is 54.9 Å². The zero-order chi connectivity index (χ0) is 31.2. The standard InChI is InChI=1S/C36H37Cl2N3O3/c1-24-9-11-28(12-10-24)22-40-15-17-41(18-16-40)36(42)27(4)26(3)30-19-25(2)35(33(38)20-30)44-34-14-13-31(21-39-34)43-23-29-7-5-6-8-32(29)37/h5-14,19-21H,15-18,22-23H2,1-4H3/b27-26-. The summed E-state index contributed by atoms with van der Waals surface area (Å²) in [6.07, 6.45) is 1.61. The Morgan fingerprint density at radius 1 is 0.886 bits per heavy atom. The van der Waals surface area contributed by atoms with Gasteiger partial charge >= 0.3 is 0 Å². The summed E-state index contributed by atoms with van der Waals surface area (Å²) in [5, 5.41) is 1.11. The first-order valence-electron chi connectivity index (χ1n) is 14.7. The van der Waals surface area contributed by atoms with Gasteiger partial charge in [-0.25, -0.2) is 4.98 Å². The fourth-order valence-corrected chi connectivity index (χ4v) is 5.64. The van der Waals surface area contributed by atoms with Crippen LogP contribution in [0.5, 0.6) is 17.4 Å². The number of rotatable bonds is 9. The van der Waals surface area contributed by atoms with Crippen molar-refractivity contribution < 1.29 is 14.3 Å². The molecule has 0 spiro atoms. The molecule has 6 nitrogen and oxygen atoms in total. The molecule has 44 heavy (non-hydrogen) atoms. The number of hydrogen-bond acceptors (Lipinski definition) is 5. The lowest BCUT2D eigenvalue weighted by Crippen LogP contribution is -2.48. The van der Waals surface area contributed by atoms with Gasteiger partial charge in [0.2, 0.25) is 11.8 Å². The number of piperazine rings is 1. The second-order valence-corrected chi connectivity index (χ2v) is 12.0. The van der Waals surface area contributed by atoms with Gasteiger partial charge in [0.25, 0.3) is 0 Å². The Labute approximate surface area is 269 Å². The number of amides is 1. The summed E-state index contributed by atoms with van der Waals surface area (Å²) >= 11 is 12.9. The van der Waals surface area contributed by atoms with Gasteiger partial charge in [0, 0.05) is 54.9 Å². The Bertz CT molecular complexity index is 1620. The van der Waals surface area contributed by atoms with Gasteiger partial charge in [-0.15, -0.1) is 0 Å². The van der Waals surface area contributed by atoms with Crippen molar-refractivity contribution in [2.24, 2.45) is 0 Å². The van der Waals surface area contributed by atoms with E-state index in [2.05, 4.69) is 41.1 Å². The Morgan fingerprint density at radius 3 is 2.27 bits per heavy atom. The van der Waals surface area contributed by atoms with Crippen LogP contribution in [0.1, 0.15) is 41.7 Å². The van der Waals surface area contributed by atoms with Gasteiger partial charge < -0.3 is 14.4 Å². The number of aryl methyl sites for hydroxylation is 2. The molecule has 1 aliphatic heterocycles. The maximum Gasteiger partial charge on any atom is 0.249 e. The second kappa shape index (κ2) is 14.3. The first-order valence-corrected chi connectivity index (χ1v) is 15.5. The number of halogens is 2. The van der Waals surface area contributed by atoms with Gasteiger partial charge in [-0.2, -0.15) is 0 Å². The maximum atomic E-state index is 13.4. The number of carbonyl (C=O) groups is 1. The van der Waals surface area contributed by atoms with Crippen molar-refractivity contribution in [3.8, 4) is 17.4 Å². The zero-order valence-corrected chi connectivity index (χ0v) is 27.1. The predicted molar refractivity (Wildman–Crippen MR) is 178 cm³/mol. The minimum absolute atomic E-state index is 0.0626. The van der Waals surface area contributed by atoms with Crippen molar-refractivity contribution in [3.05, 3.63) is 122 Å². The molecule has 2 heterocycles. The number of carbonyl (C=O) groups excluding carboxylic acids is 1. The molecule has 5 rings (SSSR count). The average molecular weight is 631 g/mol. The summed E-state index contributed by atoms with van der Waals surface area (Å²) in [7, 11) is 0. The fourth-order valence-electron chi connectivity index (χ4n) is 5.15. The predicted octanol–water partition coefficient (Wildman–Crippen LogP) is 8.51. The van der Waals surface area contributed by atoms with Crippen molar-refractivity contribution in [2.45, 2.75) is 40.8 Å². The number of benzene rings is 3. The van der Waals surface area contributed by atoms with Crippen LogP contribution in [-0.2, 0) is 17.9 Å². The molecule has 0 unspecified atom stereocenters. The molecule has 228 valence electrons. The van der Waals surface area contributed by atoms with Gasteiger partial charge in [-0.3, -0.25) is 9.69 Å². The minimum Gasteiger partial charge on any atom is -0.487 e. The normalized spacial score (nSPS) is 14.3. The summed E-state index contributed by atoms with van der Waals surface area (Å²) in [5.74, 6) is 1.58. The van der Waals surface area contributed by atoms with Crippen molar-refractivity contribution in [1.29, 1.82) is 0 Å². The van der Waals surface area contributed by atoms with Gasteiger partial charge in [0.15, 0.2) is 5.75 Å². The van der Waals surface area contributed by atoms with Crippen LogP contribution in [0.3, 0.4) is 0 Å². The van der Waals surface area contributed by atoms with Crippen molar-refractivity contribution in [1.82, 2.24) is 14.8 Å². The molecule has 1 amide bonds. The van der Waals surface area contributed by atoms with Crippen LogP contribution in [-0.4, -0.2) is 46.9 Å². The molecule has 0 atom stereocenters. The van der Waals surface area contributed by atoms with Crippen LogP contribution >= 0.6 is 23.2 Å². The molecule has 1 fully saturated rings. The molecule has 0 bridgehead atoms. The van der Waals surface area contributed by atoms with Crippen molar-refractivity contribution >= 4 is 34.7 Å². The SMILES string of the molecule is C/C(C(=O)N1CCN(Cc2ccc(C)cc2)CC1)=C(\C)c1cc(C)c(Oc2ccc(OCc3ccccc3Cl)cn2)c(Cl)c1. The number of aromatic nitrogens is 1. The van der Waals surface area contributed by atoms with Crippen molar-refractivity contribution in [2.75, 3.05) is 26.2 Å². The van der Waals surface area contributed by atoms with E-state index in [0.717, 1.165) is 47.5 Å². The molecular weight excluding hydrogens is 593 g/mol. The fraction of sp³-hybridized carbons (Fsp3) is 0.278. The number of allylic oxidation sites excluding steroid dienone is 1. The molecule has 1 aliphatic rings. The molecule has 1 saturated heterocycles.